The summed E-state index contributed by atoms with van der Waals surface area (Å²) in [5.41, 5.74) is 2.14. The summed E-state index contributed by atoms with van der Waals surface area (Å²) >= 11 is 0. The third kappa shape index (κ3) is 2.79. The van der Waals surface area contributed by atoms with E-state index in [9.17, 15) is 0 Å². The van der Waals surface area contributed by atoms with Gasteiger partial charge in [-0.2, -0.15) is 0 Å². The summed E-state index contributed by atoms with van der Waals surface area (Å²) < 4.78 is 5.07. The molecule has 0 atom stereocenters. The number of nitrogens with one attached hydrogen (secondary N) is 1. The topological polar surface area (TPSA) is 47.0 Å². The summed E-state index contributed by atoms with van der Waals surface area (Å²) in [6.07, 6.45) is 1.75. The van der Waals surface area contributed by atoms with Crippen molar-refractivity contribution in [1.29, 1.82) is 0 Å². The quantitative estimate of drug-likeness (QED) is 0.874. The molecule has 0 saturated heterocycles. The van der Waals surface area contributed by atoms with E-state index >= 15 is 0 Å². The number of nitrogens with zero attached hydrogens (tertiary/aromatic N) is 2. The molecule has 1 heterocycles. The van der Waals surface area contributed by atoms with Gasteiger partial charge in [0.2, 0.25) is 0 Å². The Morgan fingerprint density at radius 1 is 1.18 bits per heavy atom. The Kier molecular flexibility index (Phi) is 3.67. The standard InChI is InChI=1S/C13H15N3O/c1-14-12-7-8-15-13(16-12)11-5-3-10(4-6-11)9-17-2/h3-8H,9H2,1-2H3,(H,14,15,16). The van der Waals surface area contributed by atoms with Crippen molar-refractivity contribution >= 4 is 5.82 Å². The summed E-state index contributed by atoms with van der Waals surface area (Å²) in [7, 11) is 3.53. The van der Waals surface area contributed by atoms with E-state index in [0.717, 1.165) is 22.8 Å². The molecule has 0 aliphatic heterocycles. The van der Waals surface area contributed by atoms with E-state index in [2.05, 4.69) is 15.3 Å². The van der Waals surface area contributed by atoms with Gasteiger partial charge in [-0.3, -0.25) is 0 Å². The van der Waals surface area contributed by atoms with Crippen molar-refractivity contribution in [2.75, 3.05) is 19.5 Å². The molecule has 88 valence electrons. The van der Waals surface area contributed by atoms with Gasteiger partial charge in [-0.15, -0.1) is 0 Å². The predicted molar refractivity (Wildman–Crippen MR) is 67.7 cm³/mol. The first kappa shape index (κ1) is 11.5. The van der Waals surface area contributed by atoms with Crippen molar-refractivity contribution in [3.05, 3.63) is 42.1 Å². The first-order valence-electron chi connectivity index (χ1n) is 5.42. The van der Waals surface area contributed by atoms with Crippen molar-refractivity contribution in [1.82, 2.24) is 9.97 Å². The molecule has 0 fully saturated rings. The van der Waals surface area contributed by atoms with Gasteiger partial charge in [0.05, 0.1) is 6.61 Å². The van der Waals surface area contributed by atoms with Crippen molar-refractivity contribution in [3.8, 4) is 11.4 Å². The summed E-state index contributed by atoms with van der Waals surface area (Å²) in [6, 6.07) is 9.89. The minimum atomic E-state index is 0.623. The number of anilines is 1. The minimum Gasteiger partial charge on any atom is -0.380 e. The fourth-order valence-electron chi connectivity index (χ4n) is 1.55. The van der Waals surface area contributed by atoms with Crippen molar-refractivity contribution in [2.24, 2.45) is 0 Å². The average Bonchev–Trinajstić information content (AvgIpc) is 2.40. The van der Waals surface area contributed by atoms with E-state index < -0.39 is 0 Å². The van der Waals surface area contributed by atoms with Crippen molar-refractivity contribution < 1.29 is 4.74 Å². The summed E-state index contributed by atoms with van der Waals surface area (Å²) in [5.74, 6) is 1.54. The van der Waals surface area contributed by atoms with Gasteiger partial charge in [0.15, 0.2) is 5.82 Å². The Hall–Kier alpha value is -1.94. The second-order valence-electron chi connectivity index (χ2n) is 3.65. The molecule has 0 radical (unpaired) electrons. The molecule has 0 bridgehead atoms. The zero-order valence-electron chi connectivity index (χ0n) is 9.97. The largest absolute Gasteiger partial charge is 0.380 e. The SMILES string of the molecule is CNc1ccnc(-c2ccc(COC)cc2)n1. The first-order valence-corrected chi connectivity index (χ1v) is 5.42. The van der Waals surface area contributed by atoms with Crippen LogP contribution in [0.5, 0.6) is 0 Å². The van der Waals surface area contributed by atoms with Gasteiger partial charge in [0, 0.05) is 25.9 Å². The van der Waals surface area contributed by atoms with Crippen LogP contribution in [0.1, 0.15) is 5.56 Å². The van der Waals surface area contributed by atoms with Crippen LogP contribution in [-0.2, 0) is 11.3 Å². The highest BCUT2D eigenvalue weighted by Crippen LogP contribution is 2.17. The molecule has 0 amide bonds. The van der Waals surface area contributed by atoms with Crippen LogP contribution >= 0.6 is 0 Å². The third-order valence-corrected chi connectivity index (χ3v) is 2.43. The molecule has 4 heteroatoms. The smallest absolute Gasteiger partial charge is 0.161 e. The number of benzene rings is 1. The Balaban J connectivity index is 2.26. The zero-order chi connectivity index (χ0) is 12.1. The van der Waals surface area contributed by atoms with Crippen LogP contribution in [0.2, 0.25) is 0 Å². The fourth-order valence-corrected chi connectivity index (χ4v) is 1.55. The molecule has 1 aromatic heterocycles. The Bertz CT molecular complexity index is 482. The lowest BCUT2D eigenvalue weighted by atomic mass is 10.1. The number of hydrogen-bond acceptors (Lipinski definition) is 4. The Labute approximate surface area is 101 Å². The lowest BCUT2D eigenvalue weighted by Crippen LogP contribution is -1.96. The molecule has 0 unspecified atom stereocenters. The van der Waals surface area contributed by atoms with E-state index in [1.54, 1.807) is 13.3 Å². The third-order valence-electron chi connectivity index (χ3n) is 2.43. The zero-order valence-corrected chi connectivity index (χ0v) is 9.97. The lowest BCUT2D eigenvalue weighted by molar-refractivity contribution is 0.185. The van der Waals surface area contributed by atoms with Crippen LogP contribution in [0.4, 0.5) is 5.82 Å². The first-order chi connectivity index (χ1) is 8.33. The maximum absolute atomic E-state index is 5.07. The molecular weight excluding hydrogens is 214 g/mol. The van der Waals surface area contributed by atoms with Gasteiger partial charge in [-0.1, -0.05) is 24.3 Å². The molecular formula is C13H15N3O. The molecule has 0 aliphatic rings. The number of rotatable bonds is 4. The number of methoxy groups -OCH3 is 1. The van der Waals surface area contributed by atoms with E-state index in [-0.39, 0.29) is 0 Å². The highest BCUT2D eigenvalue weighted by atomic mass is 16.5. The van der Waals surface area contributed by atoms with Gasteiger partial charge >= 0.3 is 0 Å². The van der Waals surface area contributed by atoms with Crippen LogP contribution in [0.3, 0.4) is 0 Å². The second-order valence-corrected chi connectivity index (χ2v) is 3.65. The normalized spacial score (nSPS) is 10.2. The van der Waals surface area contributed by atoms with Gasteiger partial charge in [0.25, 0.3) is 0 Å². The highest BCUT2D eigenvalue weighted by Gasteiger charge is 2.02. The van der Waals surface area contributed by atoms with E-state index in [1.165, 1.54) is 0 Å². The highest BCUT2D eigenvalue weighted by molar-refractivity contribution is 5.57. The Morgan fingerprint density at radius 3 is 2.59 bits per heavy atom. The summed E-state index contributed by atoms with van der Waals surface area (Å²) in [4.78, 5) is 8.63. The predicted octanol–water partition coefficient (Wildman–Crippen LogP) is 2.33. The van der Waals surface area contributed by atoms with Gasteiger partial charge in [0.1, 0.15) is 5.82 Å². The van der Waals surface area contributed by atoms with Gasteiger partial charge in [-0.25, -0.2) is 9.97 Å². The molecule has 4 nitrogen and oxygen atoms in total. The number of ether oxygens (including phenoxy) is 1. The van der Waals surface area contributed by atoms with Crippen molar-refractivity contribution in [3.63, 3.8) is 0 Å². The van der Waals surface area contributed by atoms with E-state index in [0.29, 0.717) is 6.61 Å². The molecule has 0 spiro atoms. The van der Waals surface area contributed by atoms with E-state index in [4.69, 9.17) is 4.74 Å². The van der Waals surface area contributed by atoms with Crippen LogP contribution in [0.15, 0.2) is 36.5 Å². The van der Waals surface area contributed by atoms with Gasteiger partial charge in [-0.05, 0) is 11.6 Å². The molecule has 17 heavy (non-hydrogen) atoms. The van der Waals surface area contributed by atoms with Crippen LogP contribution in [-0.4, -0.2) is 24.1 Å². The maximum atomic E-state index is 5.07. The summed E-state index contributed by atoms with van der Waals surface area (Å²) in [6.45, 7) is 0.623. The molecule has 1 N–H and O–H groups in total. The van der Waals surface area contributed by atoms with E-state index in [1.807, 2.05) is 37.4 Å². The molecule has 0 saturated carbocycles. The van der Waals surface area contributed by atoms with Crippen LogP contribution in [0.25, 0.3) is 11.4 Å². The molecule has 2 rings (SSSR count). The molecule has 0 aliphatic carbocycles. The molecule has 2 aromatic rings. The fraction of sp³-hybridized carbons (Fsp3) is 0.231. The number of aromatic nitrogens is 2. The van der Waals surface area contributed by atoms with Crippen LogP contribution < -0.4 is 5.32 Å². The average molecular weight is 229 g/mol. The van der Waals surface area contributed by atoms with Crippen molar-refractivity contribution in [2.45, 2.75) is 6.61 Å². The Morgan fingerprint density at radius 2 is 1.94 bits per heavy atom. The van der Waals surface area contributed by atoms with Gasteiger partial charge < -0.3 is 10.1 Å². The minimum absolute atomic E-state index is 0.623. The number of hydrogen-bond donors (Lipinski definition) is 1. The summed E-state index contributed by atoms with van der Waals surface area (Å²) in [5, 5.41) is 3.00. The lowest BCUT2D eigenvalue weighted by Gasteiger charge is -2.04. The second kappa shape index (κ2) is 5.41. The molecule has 1 aromatic carbocycles. The van der Waals surface area contributed by atoms with Crippen LogP contribution in [0, 0.1) is 0 Å². The maximum Gasteiger partial charge on any atom is 0.161 e. The monoisotopic (exact) mass is 229 g/mol.